The molecule has 0 fully saturated rings. The van der Waals surface area contributed by atoms with E-state index < -0.39 is 6.10 Å². The van der Waals surface area contributed by atoms with Crippen LogP contribution in [-0.4, -0.2) is 47.5 Å². The quantitative estimate of drug-likeness (QED) is 0.489. The molecule has 0 radical (unpaired) electrons. The van der Waals surface area contributed by atoms with Gasteiger partial charge in [-0.05, 0) is 11.6 Å². The molecule has 0 amide bonds. The topological polar surface area (TPSA) is 86.6 Å². The van der Waals surface area contributed by atoms with Crippen molar-refractivity contribution < 1.29 is 14.9 Å². The highest BCUT2D eigenvalue weighted by Crippen LogP contribution is 2.13. The second kappa shape index (κ2) is 9.78. The third-order valence-corrected chi connectivity index (χ3v) is 3.14. The average molecular weight is 317 g/mol. The molecule has 0 saturated carbocycles. The number of hydrogen-bond acceptors (Lipinski definition) is 6. The Balaban J connectivity index is 1.78. The molecule has 23 heavy (non-hydrogen) atoms. The fraction of sp³-hybridized carbons (Fsp3) is 0.353. The summed E-state index contributed by atoms with van der Waals surface area (Å²) >= 11 is 0. The summed E-state index contributed by atoms with van der Waals surface area (Å²) < 4.78 is 5.67. The summed E-state index contributed by atoms with van der Waals surface area (Å²) in [5.74, 6) is 1.18. The van der Waals surface area contributed by atoms with E-state index in [-0.39, 0.29) is 6.61 Å². The van der Waals surface area contributed by atoms with Gasteiger partial charge in [0, 0.05) is 25.7 Å². The van der Waals surface area contributed by atoms with E-state index >= 15 is 0 Å². The molecule has 2 aromatic rings. The molecule has 1 heterocycles. The van der Waals surface area contributed by atoms with Crippen molar-refractivity contribution >= 4 is 5.82 Å². The number of aromatic nitrogens is 1. The van der Waals surface area contributed by atoms with Crippen LogP contribution in [0.1, 0.15) is 5.56 Å². The third kappa shape index (κ3) is 6.65. The second-order valence-electron chi connectivity index (χ2n) is 5.10. The molecule has 4 N–H and O–H groups in total. The number of rotatable bonds is 10. The zero-order valence-corrected chi connectivity index (χ0v) is 13.0. The molecule has 124 valence electrons. The highest BCUT2D eigenvalue weighted by Gasteiger charge is 2.04. The number of hydrogen-bond donors (Lipinski definition) is 4. The predicted octanol–water partition coefficient (Wildman–Crippen LogP) is 1.02. The van der Waals surface area contributed by atoms with Crippen LogP contribution < -0.4 is 15.4 Å². The summed E-state index contributed by atoms with van der Waals surface area (Å²) in [6, 6.07) is 15.4. The molecule has 2 rings (SSSR count). The molecule has 0 saturated heterocycles. The molecular weight excluding hydrogens is 294 g/mol. The van der Waals surface area contributed by atoms with Gasteiger partial charge in [-0.25, -0.2) is 0 Å². The van der Waals surface area contributed by atoms with Gasteiger partial charge in [0.05, 0.1) is 12.7 Å². The highest BCUT2D eigenvalue weighted by atomic mass is 16.5. The molecule has 0 aliphatic heterocycles. The van der Waals surface area contributed by atoms with Crippen LogP contribution in [0.15, 0.2) is 48.5 Å². The first-order chi connectivity index (χ1) is 11.3. The monoisotopic (exact) mass is 317 g/mol. The molecular formula is C17H23N3O3. The van der Waals surface area contributed by atoms with Crippen LogP contribution in [0, 0.1) is 0 Å². The molecule has 1 aromatic heterocycles. The maximum atomic E-state index is 9.79. The Labute approximate surface area is 136 Å². The molecule has 1 atom stereocenters. The number of nitrogens with one attached hydrogen (secondary N) is 2. The molecule has 0 aliphatic rings. The second-order valence-corrected chi connectivity index (χ2v) is 5.10. The first-order valence-electron chi connectivity index (χ1n) is 7.65. The Bertz CT molecular complexity index is 566. The maximum Gasteiger partial charge on any atom is 0.215 e. The fourth-order valence-corrected chi connectivity index (χ4v) is 1.97. The molecule has 0 unspecified atom stereocenters. The summed E-state index contributed by atoms with van der Waals surface area (Å²) in [5.41, 5.74) is 1.08. The molecule has 0 bridgehead atoms. The minimum Gasteiger partial charge on any atom is -0.473 e. The van der Waals surface area contributed by atoms with Gasteiger partial charge >= 0.3 is 0 Å². The van der Waals surface area contributed by atoms with Crippen LogP contribution >= 0.6 is 0 Å². The summed E-state index contributed by atoms with van der Waals surface area (Å²) in [4.78, 5) is 4.35. The van der Waals surface area contributed by atoms with E-state index in [1.54, 1.807) is 6.07 Å². The van der Waals surface area contributed by atoms with Crippen molar-refractivity contribution in [3.8, 4) is 5.88 Å². The maximum absolute atomic E-state index is 9.79. The van der Waals surface area contributed by atoms with Crippen molar-refractivity contribution in [2.75, 3.05) is 31.6 Å². The predicted molar refractivity (Wildman–Crippen MR) is 89.5 cm³/mol. The SMILES string of the molecule is OCCNC[C@@H](O)CNc1cccc(OCc2ccccc2)n1. The van der Waals surface area contributed by atoms with E-state index in [2.05, 4.69) is 15.6 Å². The van der Waals surface area contributed by atoms with Gasteiger partial charge in [0.2, 0.25) is 5.88 Å². The Kier molecular flexibility index (Phi) is 7.32. The number of pyridine rings is 1. The van der Waals surface area contributed by atoms with E-state index in [1.165, 1.54) is 0 Å². The van der Waals surface area contributed by atoms with Crippen LogP contribution in [0.4, 0.5) is 5.82 Å². The first-order valence-corrected chi connectivity index (χ1v) is 7.65. The zero-order valence-electron chi connectivity index (χ0n) is 13.0. The summed E-state index contributed by atoms with van der Waals surface area (Å²) in [7, 11) is 0. The van der Waals surface area contributed by atoms with Gasteiger partial charge in [-0.2, -0.15) is 4.98 Å². The normalized spacial score (nSPS) is 11.9. The molecule has 1 aromatic carbocycles. The smallest absolute Gasteiger partial charge is 0.215 e. The lowest BCUT2D eigenvalue weighted by atomic mass is 10.2. The van der Waals surface area contributed by atoms with Crippen molar-refractivity contribution in [2.24, 2.45) is 0 Å². The van der Waals surface area contributed by atoms with Gasteiger partial charge in [-0.1, -0.05) is 36.4 Å². The average Bonchev–Trinajstić information content (AvgIpc) is 2.60. The van der Waals surface area contributed by atoms with Gasteiger partial charge in [0.25, 0.3) is 0 Å². The number of aliphatic hydroxyl groups is 2. The van der Waals surface area contributed by atoms with Crippen LogP contribution in [0.2, 0.25) is 0 Å². The Morgan fingerprint density at radius 2 is 1.87 bits per heavy atom. The Morgan fingerprint density at radius 1 is 1.04 bits per heavy atom. The van der Waals surface area contributed by atoms with Crippen molar-refractivity contribution in [3.05, 3.63) is 54.1 Å². The number of ether oxygens (including phenoxy) is 1. The van der Waals surface area contributed by atoms with Gasteiger partial charge < -0.3 is 25.6 Å². The van der Waals surface area contributed by atoms with Crippen molar-refractivity contribution in [3.63, 3.8) is 0 Å². The third-order valence-electron chi connectivity index (χ3n) is 3.14. The van der Waals surface area contributed by atoms with Crippen LogP contribution in [0.5, 0.6) is 5.88 Å². The number of anilines is 1. The number of nitrogens with zero attached hydrogens (tertiary/aromatic N) is 1. The number of aliphatic hydroxyl groups excluding tert-OH is 2. The van der Waals surface area contributed by atoms with Crippen LogP contribution in [0.25, 0.3) is 0 Å². The Morgan fingerprint density at radius 3 is 2.65 bits per heavy atom. The number of benzene rings is 1. The lowest BCUT2D eigenvalue weighted by Gasteiger charge is -2.13. The van der Waals surface area contributed by atoms with Crippen molar-refractivity contribution in [2.45, 2.75) is 12.7 Å². The van der Waals surface area contributed by atoms with Gasteiger partial charge in [-0.3, -0.25) is 0 Å². The van der Waals surface area contributed by atoms with Crippen molar-refractivity contribution in [1.82, 2.24) is 10.3 Å². The van der Waals surface area contributed by atoms with E-state index in [0.717, 1.165) is 5.56 Å². The largest absolute Gasteiger partial charge is 0.473 e. The lowest BCUT2D eigenvalue weighted by Crippen LogP contribution is -2.33. The van der Waals surface area contributed by atoms with E-state index in [1.807, 2.05) is 42.5 Å². The van der Waals surface area contributed by atoms with Gasteiger partial charge in [0.15, 0.2) is 0 Å². The van der Waals surface area contributed by atoms with E-state index in [0.29, 0.717) is 37.9 Å². The van der Waals surface area contributed by atoms with E-state index in [4.69, 9.17) is 9.84 Å². The minimum atomic E-state index is -0.558. The standard InChI is InChI=1S/C17H23N3O3/c21-10-9-18-11-15(22)12-19-16-7-4-8-17(20-16)23-13-14-5-2-1-3-6-14/h1-8,15,18,21-22H,9-13H2,(H,19,20)/t15-/m1/s1. The lowest BCUT2D eigenvalue weighted by molar-refractivity contribution is 0.180. The van der Waals surface area contributed by atoms with Crippen LogP contribution in [0.3, 0.4) is 0 Å². The van der Waals surface area contributed by atoms with Gasteiger partial charge in [0.1, 0.15) is 12.4 Å². The fourth-order valence-electron chi connectivity index (χ4n) is 1.97. The minimum absolute atomic E-state index is 0.0580. The summed E-state index contributed by atoms with van der Waals surface area (Å²) in [5, 5.41) is 24.5. The molecule has 0 spiro atoms. The molecule has 6 nitrogen and oxygen atoms in total. The van der Waals surface area contributed by atoms with Crippen LogP contribution in [-0.2, 0) is 6.61 Å². The van der Waals surface area contributed by atoms with Gasteiger partial charge in [-0.15, -0.1) is 0 Å². The van der Waals surface area contributed by atoms with E-state index in [9.17, 15) is 5.11 Å². The van der Waals surface area contributed by atoms with Crippen molar-refractivity contribution in [1.29, 1.82) is 0 Å². The summed E-state index contributed by atoms with van der Waals surface area (Å²) in [6.07, 6.45) is -0.558. The molecule has 6 heteroatoms. The Hall–Kier alpha value is -2.15. The highest BCUT2D eigenvalue weighted by molar-refractivity contribution is 5.37. The summed E-state index contributed by atoms with van der Waals surface area (Å²) in [6.45, 7) is 1.77. The molecule has 0 aliphatic carbocycles. The zero-order chi connectivity index (χ0) is 16.3. The first kappa shape index (κ1) is 17.2.